The van der Waals surface area contributed by atoms with Crippen LogP contribution in [-0.4, -0.2) is 41.2 Å². The monoisotopic (exact) mass is 498 g/mol. The first-order chi connectivity index (χ1) is 17.3. The van der Waals surface area contributed by atoms with Gasteiger partial charge in [-0.05, 0) is 43.9 Å². The molecule has 8 heteroatoms. The van der Waals surface area contributed by atoms with Crippen molar-refractivity contribution in [2.75, 3.05) is 35.2 Å². The molecule has 194 valence electrons. The Balaban J connectivity index is 2.13. The zero-order valence-corrected chi connectivity index (χ0v) is 22.1. The molecule has 3 atom stereocenters. The van der Waals surface area contributed by atoms with Gasteiger partial charge in [0, 0.05) is 28.2 Å². The highest BCUT2D eigenvalue weighted by atomic mass is 16.7. The van der Waals surface area contributed by atoms with Gasteiger partial charge in [-0.1, -0.05) is 19.9 Å². The summed E-state index contributed by atoms with van der Waals surface area (Å²) in [6.45, 7) is 7.91. The zero-order valence-electron chi connectivity index (χ0n) is 22.1. The SMILES string of the molecule is C/C=C(\C)C(=O)OC1c2cc(OC)c(OC)c(OC)c2-c2c(cc3c(c2OC)OCO3)C[C@H](C)[C@@H]1C. The topological polar surface area (TPSA) is 81.7 Å². The Bertz CT molecular complexity index is 1200. The number of ether oxygens (including phenoxy) is 7. The van der Waals surface area contributed by atoms with E-state index in [0.29, 0.717) is 52.1 Å². The Morgan fingerprint density at radius 1 is 0.944 bits per heavy atom. The largest absolute Gasteiger partial charge is 0.493 e. The highest BCUT2D eigenvalue weighted by molar-refractivity contribution is 5.90. The van der Waals surface area contributed by atoms with Crippen molar-refractivity contribution in [3.63, 3.8) is 0 Å². The van der Waals surface area contributed by atoms with Crippen molar-refractivity contribution in [3.05, 3.63) is 34.9 Å². The molecular weight excluding hydrogens is 464 g/mol. The fourth-order valence-corrected chi connectivity index (χ4v) is 4.96. The fourth-order valence-electron chi connectivity index (χ4n) is 4.96. The maximum Gasteiger partial charge on any atom is 0.333 e. The van der Waals surface area contributed by atoms with Crippen molar-refractivity contribution >= 4 is 5.97 Å². The van der Waals surface area contributed by atoms with E-state index >= 15 is 0 Å². The number of rotatable bonds is 6. The van der Waals surface area contributed by atoms with Gasteiger partial charge in [0.1, 0.15) is 6.10 Å². The van der Waals surface area contributed by atoms with Gasteiger partial charge >= 0.3 is 5.97 Å². The van der Waals surface area contributed by atoms with Gasteiger partial charge in [0.05, 0.1) is 28.4 Å². The molecule has 0 bridgehead atoms. The number of fused-ring (bicyclic) bond motifs is 4. The van der Waals surface area contributed by atoms with E-state index in [-0.39, 0.29) is 24.6 Å². The molecular formula is C28H34O8. The van der Waals surface area contributed by atoms with Crippen LogP contribution in [-0.2, 0) is 16.0 Å². The molecule has 1 unspecified atom stereocenters. The minimum Gasteiger partial charge on any atom is -0.493 e. The summed E-state index contributed by atoms with van der Waals surface area (Å²) in [4.78, 5) is 13.0. The summed E-state index contributed by atoms with van der Waals surface area (Å²) in [5.41, 5.74) is 3.77. The van der Waals surface area contributed by atoms with E-state index in [1.54, 1.807) is 41.4 Å². The summed E-state index contributed by atoms with van der Waals surface area (Å²) in [5, 5.41) is 0. The van der Waals surface area contributed by atoms with Crippen LogP contribution in [0.3, 0.4) is 0 Å². The van der Waals surface area contributed by atoms with E-state index < -0.39 is 6.10 Å². The molecule has 0 saturated carbocycles. The van der Waals surface area contributed by atoms with E-state index in [2.05, 4.69) is 13.8 Å². The standard InChI is InChI=1S/C28H34O8/c1-9-14(2)28(29)36-23-16(4)15(3)10-17-11-20-25(35-13-34-20)26(32-7)21(17)22-18(23)12-19(30-5)24(31-6)27(22)33-8/h9,11-12,15-16,23H,10,13H2,1-8H3/b14-9+/t15-,16-,23?/m0/s1. The third kappa shape index (κ3) is 4.08. The second-order valence-corrected chi connectivity index (χ2v) is 9.13. The third-order valence-corrected chi connectivity index (χ3v) is 7.23. The summed E-state index contributed by atoms with van der Waals surface area (Å²) in [7, 11) is 6.30. The summed E-state index contributed by atoms with van der Waals surface area (Å²) in [6.07, 6.45) is 1.85. The van der Waals surface area contributed by atoms with Gasteiger partial charge in [-0.3, -0.25) is 0 Å². The maximum absolute atomic E-state index is 13.0. The van der Waals surface area contributed by atoms with Crippen molar-refractivity contribution in [1.82, 2.24) is 0 Å². The molecule has 0 fully saturated rings. The predicted molar refractivity (Wildman–Crippen MR) is 135 cm³/mol. The molecule has 0 N–H and O–H groups in total. The lowest BCUT2D eigenvalue weighted by atomic mass is 9.75. The molecule has 2 aromatic carbocycles. The van der Waals surface area contributed by atoms with Crippen LogP contribution in [0.15, 0.2) is 23.8 Å². The molecule has 4 rings (SSSR count). The molecule has 2 aliphatic rings. The molecule has 2 aromatic rings. The van der Waals surface area contributed by atoms with Crippen LogP contribution in [0.2, 0.25) is 0 Å². The molecule has 8 nitrogen and oxygen atoms in total. The number of benzene rings is 2. The van der Waals surface area contributed by atoms with Gasteiger partial charge in [-0.25, -0.2) is 4.79 Å². The minimum atomic E-state index is -0.589. The third-order valence-electron chi connectivity index (χ3n) is 7.23. The average molecular weight is 499 g/mol. The number of esters is 1. The smallest absolute Gasteiger partial charge is 0.333 e. The quantitative estimate of drug-likeness (QED) is 0.382. The highest BCUT2D eigenvalue weighted by Crippen LogP contribution is 2.58. The first-order valence-electron chi connectivity index (χ1n) is 12.0. The first-order valence-corrected chi connectivity index (χ1v) is 12.0. The Morgan fingerprint density at radius 3 is 2.25 bits per heavy atom. The van der Waals surface area contributed by atoms with Crippen molar-refractivity contribution in [2.45, 2.75) is 40.2 Å². The molecule has 1 aliphatic heterocycles. The molecule has 0 saturated heterocycles. The van der Waals surface area contributed by atoms with Crippen LogP contribution in [0, 0.1) is 11.8 Å². The fraction of sp³-hybridized carbons (Fsp3) is 0.464. The van der Waals surface area contributed by atoms with E-state index in [0.717, 1.165) is 16.7 Å². The van der Waals surface area contributed by atoms with E-state index in [1.807, 2.05) is 19.1 Å². The molecule has 1 aliphatic carbocycles. The maximum atomic E-state index is 13.0. The molecule has 0 amide bonds. The molecule has 0 spiro atoms. The normalized spacial score (nSPS) is 20.4. The lowest BCUT2D eigenvalue weighted by Crippen LogP contribution is -2.27. The Kier molecular flexibility index (Phi) is 7.24. The van der Waals surface area contributed by atoms with E-state index in [4.69, 9.17) is 33.2 Å². The van der Waals surface area contributed by atoms with Gasteiger partial charge in [0.2, 0.25) is 18.3 Å². The second kappa shape index (κ2) is 10.2. The van der Waals surface area contributed by atoms with Gasteiger partial charge in [0.15, 0.2) is 23.0 Å². The molecule has 36 heavy (non-hydrogen) atoms. The lowest BCUT2D eigenvalue weighted by molar-refractivity contribution is -0.148. The summed E-state index contributed by atoms with van der Waals surface area (Å²) < 4.78 is 41.0. The Hall–Kier alpha value is -3.55. The highest BCUT2D eigenvalue weighted by Gasteiger charge is 2.39. The lowest BCUT2D eigenvalue weighted by Gasteiger charge is -2.35. The zero-order chi connectivity index (χ0) is 26.1. The number of carbonyl (C=O) groups is 1. The summed E-state index contributed by atoms with van der Waals surface area (Å²) in [6, 6.07) is 3.86. The minimum absolute atomic E-state index is 0.0373. The van der Waals surface area contributed by atoms with Gasteiger partial charge in [0.25, 0.3) is 0 Å². The number of hydrogen-bond donors (Lipinski definition) is 0. The van der Waals surface area contributed by atoms with Crippen molar-refractivity contribution in [3.8, 4) is 45.6 Å². The van der Waals surface area contributed by atoms with Crippen LogP contribution in [0.5, 0.6) is 34.5 Å². The summed E-state index contributed by atoms with van der Waals surface area (Å²) in [5.74, 6) is 2.78. The number of methoxy groups -OCH3 is 4. The molecule has 0 aromatic heterocycles. The Morgan fingerprint density at radius 2 is 1.64 bits per heavy atom. The number of carbonyl (C=O) groups excluding carboxylic acids is 1. The van der Waals surface area contributed by atoms with Crippen LogP contribution in [0.1, 0.15) is 44.9 Å². The van der Waals surface area contributed by atoms with Crippen LogP contribution in [0.4, 0.5) is 0 Å². The van der Waals surface area contributed by atoms with Crippen LogP contribution < -0.4 is 28.4 Å². The predicted octanol–water partition coefficient (Wildman–Crippen LogP) is 5.50. The molecule has 1 heterocycles. The Labute approximate surface area is 212 Å². The van der Waals surface area contributed by atoms with E-state index in [9.17, 15) is 4.79 Å². The van der Waals surface area contributed by atoms with Crippen LogP contribution >= 0.6 is 0 Å². The first kappa shape index (κ1) is 25.5. The second-order valence-electron chi connectivity index (χ2n) is 9.13. The van der Waals surface area contributed by atoms with Gasteiger partial charge in [-0.2, -0.15) is 0 Å². The van der Waals surface area contributed by atoms with Crippen molar-refractivity contribution in [2.24, 2.45) is 11.8 Å². The van der Waals surface area contributed by atoms with Crippen LogP contribution in [0.25, 0.3) is 11.1 Å². The van der Waals surface area contributed by atoms with Gasteiger partial charge in [-0.15, -0.1) is 0 Å². The summed E-state index contributed by atoms with van der Waals surface area (Å²) >= 11 is 0. The number of allylic oxidation sites excluding steroid dienone is 1. The van der Waals surface area contributed by atoms with E-state index in [1.165, 1.54) is 0 Å². The van der Waals surface area contributed by atoms with Gasteiger partial charge < -0.3 is 33.2 Å². The molecule has 0 radical (unpaired) electrons. The van der Waals surface area contributed by atoms with Crippen molar-refractivity contribution in [1.29, 1.82) is 0 Å². The van der Waals surface area contributed by atoms with Crippen molar-refractivity contribution < 1.29 is 38.0 Å². The average Bonchev–Trinajstić information content (AvgIpc) is 3.36. The number of hydrogen-bond acceptors (Lipinski definition) is 8.